The molecular weight excluding hydrogens is 467 g/mol. The minimum absolute atomic E-state index is 0.401. The van der Waals surface area contributed by atoms with Gasteiger partial charge >= 0.3 is 7.82 Å². The summed E-state index contributed by atoms with van der Waals surface area (Å²) in [6, 6.07) is 41.8. The van der Waals surface area contributed by atoms with Crippen LogP contribution in [0.5, 0.6) is 17.2 Å². The number of benzene rings is 5. The Hall–Kier alpha value is -4.27. The summed E-state index contributed by atoms with van der Waals surface area (Å²) in [6.45, 7) is 1.88. The molecule has 36 heavy (non-hydrogen) atoms. The van der Waals surface area contributed by atoms with Gasteiger partial charge in [0.25, 0.3) is 0 Å². The first-order valence-electron chi connectivity index (χ1n) is 11.6. The smallest absolute Gasteiger partial charge is 0.386 e. The third-order valence-electron chi connectivity index (χ3n) is 5.67. The standard InChI is InChI=1S/C31H25O4P/c1-24-14-8-11-21-29(24)33-36(32,34-30-22-12-9-19-27(30)25-15-4-2-5-16-25)35-31-23-13-10-20-28(31)26-17-6-3-7-18-26/h2-23H,1H3. The normalized spacial score (nSPS) is 11.0. The van der Waals surface area contributed by atoms with E-state index in [-0.39, 0.29) is 0 Å². The fourth-order valence-electron chi connectivity index (χ4n) is 3.88. The van der Waals surface area contributed by atoms with Crippen molar-refractivity contribution < 1.29 is 18.1 Å². The Balaban J connectivity index is 1.57. The Bertz CT molecular complexity index is 1410. The second-order valence-electron chi connectivity index (χ2n) is 8.21. The van der Waals surface area contributed by atoms with Gasteiger partial charge in [0.1, 0.15) is 17.2 Å². The van der Waals surface area contributed by atoms with Gasteiger partial charge in [-0.25, -0.2) is 0 Å². The molecule has 0 amide bonds. The van der Waals surface area contributed by atoms with Crippen LogP contribution in [0.1, 0.15) is 5.56 Å². The van der Waals surface area contributed by atoms with Crippen LogP contribution in [0.15, 0.2) is 133 Å². The molecule has 5 aromatic rings. The number of hydrogen-bond acceptors (Lipinski definition) is 4. The van der Waals surface area contributed by atoms with Gasteiger partial charge in [0, 0.05) is 11.1 Å². The van der Waals surface area contributed by atoms with E-state index in [0.717, 1.165) is 27.8 Å². The lowest BCUT2D eigenvalue weighted by Gasteiger charge is -2.22. The molecule has 0 aliphatic carbocycles. The molecule has 0 atom stereocenters. The molecule has 0 aromatic heterocycles. The minimum atomic E-state index is -4.21. The Morgan fingerprint density at radius 1 is 0.444 bits per heavy atom. The van der Waals surface area contributed by atoms with Crippen molar-refractivity contribution in [1.82, 2.24) is 0 Å². The molecule has 0 heterocycles. The highest BCUT2D eigenvalue weighted by atomic mass is 31.2. The topological polar surface area (TPSA) is 44.8 Å². The van der Waals surface area contributed by atoms with Gasteiger partial charge in [0.05, 0.1) is 0 Å². The van der Waals surface area contributed by atoms with Crippen molar-refractivity contribution in [1.29, 1.82) is 0 Å². The quantitative estimate of drug-likeness (QED) is 0.203. The van der Waals surface area contributed by atoms with Crippen LogP contribution in [-0.2, 0) is 4.57 Å². The van der Waals surface area contributed by atoms with Crippen LogP contribution in [0.2, 0.25) is 0 Å². The number of hydrogen-bond donors (Lipinski definition) is 0. The van der Waals surface area contributed by atoms with Crippen molar-refractivity contribution in [3.05, 3.63) is 139 Å². The summed E-state index contributed by atoms with van der Waals surface area (Å²) in [5.74, 6) is 1.23. The van der Waals surface area contributed by atoms with Gasteiger partial charge in [-0.2, -0.15) is 4.57 Å². The van der Waals surface area contributed by atoms with E-state index in [1.165, 1.54) is 0 Å². The van der Waals surface area contributed by atoms with Crippen molar-refractivity contribution in [3.8, 4) is 39.5 Å². The molecule has 4 nitrogen and oxygen atoms in total. The van der Waals surface area contributed by atoms with Gasteiger partial charge in [-0.1, -0.05) is 115 Å². The Morgan fingerprint density at radius 3 is 1.28 bits per heavy atom. The SMILES string of the molecule is Cc1ccccc1OP(=O)(Oc1ccccc1-c1ccccc1)Oc1ccccc1-c1ccccc1. The molecule has 5 aromatic carbocycles. The summed E-state index contributed by atoms with van der Waals surface area (Å²) in [4.78, 5) is 0. The highest BCUT2D eigenvalue weighted by molar-refractivity contribution is 7.49. The minimum Gasteiger partial charge on any atom is -0.386 e. The number of phosphoric ester groups is 1. The summed E-state index contributed by atoms with van der Waals surface area (Å²) >= 11 is 0. The first-order chi connectivity index (χ1) is 17.6. The average Bonchev–Trinajstić information content (AvgIpc) is 2.91. The zero-order chi connectivity index (χ0) is 24.8. The van der Waals surface area contributed by atoms with Crippen LogP contribution in [0, 0.1) is 6.92 Å². The summed E-state index contributed by atoms with van der Waals surface area (Å²) < 4.78 is 32.7. The molecule has 0 unspecified atom stereocenters. The molecule has 0 aliphatic heterocycles. The van der Waals surface area contributed by atoms with Crippen molar-refractivity contribution in [3.63, 3.8) is 0 Å². The number of rotatable bonds is 8. The second-order valence-corrected chi connectivity index (χ2v) is 9.65. The van der Waals surface area contributed by atoms with Gasteiger partial charge < -0.3 is 13.6 Å². The maximum absolute atomic E-state index is 14.4. The summed E-state index contributed by atoms with van der Waals surface area (Å²) in [6.07, 6.45) is 0. The average molecular weight is 493 g/mol. The second kappa shape index (κ2) is 10.6. The predicted octanol–water partition coefficient (Wildman–Crippen LogP) is 8.97. The van der Waals surface area contributed by atoms with Gasteiger partial charge in [-0.05, 0) is 41.8 Å². The molecule has 178 valence electrons. The van der Waals surface area contributed by atoms with Crippen molar-refractivity contribution >= 4 is 7.82 Å². The van der Waals surface area contributed by atoms with E-state index in [0.29, 0.717) is 17.2 Å². The van der Waals surface area contributed by atoms with Crippen LogP contribution in [-0.4, -0.2) is 0 Å². The fraction of sp³-hybridized carbons (Fsp3) is 0.0323. The van der Waals surface area contributed by atoms with Gasteiger partial charge in [0.2, 0.25) is 0 Å². The third-order valence-corrected chi connectivity index (χ3v) is 6.93. The van der Waals surface area contributed by atoms with Crippen LogP contribution >= 0.6 is 7.82 Å². The Kier molecular flexibility index (Phi) is 6.88. The van der Waals surface area contributed by atoms with Gasteiger partial charge in [-0.3, -0.25) is 0 Å². The lowest BCUT2D eigenvalue weighted by molar-refractivity contribution is 0.298. The van der Waals surface area contributed by atoms with Crippen molar-refractivity contribution in [2.45, 2.75) is 6.92 Å². The van der Waals surface area contributed by atoms with E-state index in [9.17, 15) is 4.57 Å². The number of para-hydroxylation sites is 3. The van der Waals surface area contributed by atoms with E-state index in [1.54, 1.807) is 18.2 Å². The molecule has 0 saturated carbocycles. The molecule has 0 bridgehead atoms. The van der Waals surface area contributed by atoms with E-state index in [1.807, 2.05) is 122 Å². The lowest BCUT2D eigenvalue weighted by atomic mass is 10.1. The van der Waals surface area contributed by atoms with E-state index >= 15 is 0 Å². The molecule has 5 rings (SSSR count). The van der Waals surface area contributed by atoms with Crippen LogP contribution in [0.3, 0.4) is 0 Å². The molecule has 0 fully saturated rings. The van der Waals surface area contributed by atoms with E-state index in [2.05, 4.69) is 0 Å². The largest absolute Gasteiger partial charge is 0.647 e. The highest BCUT2D eigenvalue weighted by Crippen LogP contribution is 2.53. The number of aryl methyl sites for hydroxylation is 1. The first-order valence-corrected chi connectivity index (χ1v) is 13.1. The molecule has 0 radical (unpaired) electrons. The third kappa shape index (κ3) is 5.35. The van der Waals surface area contributed by atoms with Gasteiger partial charge in [-0.15, -0.1) is 0 Å². The molecule has 0 spiro atoms. The predicted molar refractivity (Wildman–Crippen MR) is 144 cm³/mol. The first kappa shape index (κ1) is 23.5. The van der Waals surface area contributed by atoms with Crippen LogP contribution in [0.4, 0.5) is 0 Å². The highest BCUT2D eigenvalue weighted by Gasteiger charge is 2.35. The van der Waals surface area contributed by atoms with E-state index < -0.39 is 7.82 Å². The molecule has 0 aliphatic rings. The molecule has 0 N–H and O–H groups in total. The maximum atomic E-state index is 14.4. The van der Waals surface area contributed by atoms with Crippen molar-refractivity contribution in [2.75, 3.05) is 0 Å². The number of phosphoric acid groups is 1. The summed E-state index contributed by atoms with van der Waals surface area (Å²) in [5, 5.41) is 0. The molecule has 0 saturated heterocycles. The molecule has 5 heteroatoms. The van der Waals surface area contributed by atoms with Crippen LogP contribution in [0.25, 0.3) is 22.3 Å². The monoisotopic (exact) mass is 492 g/mol. The van der Waals surface area contributed by atoms with Crippen molar-refractivity contribution in [2.24, 2.45) is 0 Å². The zero-order valence-electron chi connectivity index (χ0n) is 19.8. The maximum Gasteiger partial charge on any atom is 0.647 e. The summed E-state index contributed by atoms with van der Waals surface area (Å²) in [7, 11) is -4.21. The Labute approximate surface area is 211 Å². The fourth-order valence-corrected chi connectivity index (χ4v) is 5.24. The zero-order valence-corrected chi connectivity index (χ0v) is 20.7. The molecular formula is C31H25O4P. The summed E-state index contributed by atoms with van der Waals surface area (Å²) in [5.41, 5.74) is 4.25. The lowest BCUT2D eigenvalue weighted by Crippen LogP contribution is -2.09. The van der Waals surface area contributed by atoms with E-state index in [4.69, 9.17) is 13.6 Å². The van der Waals surface area contributed by atoms with Gasteiger partial charge in [0.15, 0.2) is 0 Å². The Morgan fingerprint density at radius 2 is 0.806 bits per heavy atom. The van der Waals surface area contributed by atoms with Crippen LogP contribution < -0.4 is 13.6 Å².